The van der Waals surface area contributed by atoms with Crippen LogP contribution in [0.4, 0.5) is 0 Å². The molecular formula is C22H24N4O2. The van der Waals surface area contributed by atoms with E-state index in [-0.39, 0.29) is 11.9 Å². The van der Waals surface area contributed by atoms with Crippen molar-refractivity contribution in [2.75, 3.05) is 13.7 Å². The Morgan fingerprint density at radius 3 is 2.93 bits per heavy atom. The number of amides is 1. The van der Waals surface area contributed by atoms with Gasteiger partial charge in [0.25, 0.3) is 0 Å². The van der Waals surface area contributed by atoms with Gasteiger partial charge in [-0.3, -0.25) is 14.9 Å². The first kappa shape index (κ1) is 18.2. The van der Waals surface area contributed by atoms with Crippen molar-refractivity contribution in [1.82, 2.24) is 20.1 Å². The van der Waals surface area contributed by atoms with Crippen LogP contribution in [-0.4, -0.2) is 39.6 Å². The molecule has 0 bridgehead atoms. The maximum atomic E-state index is 13.2. The van der Waals surface area contributed by atoms with Crippen molar-refractivity contribution < 1.29 is 9.53 Å². The molecule has 4 rings (SSSR count). The van der Waals surface area contributed by atoms with E-state index in [0.29, 0.717) is 6.42 Å². The van der Waals surface area contributed by atoms with Gasteiger partial charge in [0, 0.05) is 24.5 Å². The van der Waals surface area contributed by atoms with Crippen molar-refractivity contribution in [2.24, 2.45) is 0 Å². The van der Waals surface area contributed by atoms with Crippen LogP contribution in [0, 0.1) is 0 Å². The van der Waals surface area contributed by atoms with Crippen LogP contribution >= 0.6 is 0 Å². The largest absolute Gasteiger partial charge is 0.497 e. The standard InChI is InChI=1S/C22H24N4O2/c1-28-18-6-4-5-16(13-18)14-21(27)26-12-3-2-7-20(26)22-19(15-24-25-22)17-8-10-23-11-9-17/h4-6,8-11,13,15,20H,2-3,7,12,14H2,1H3,(H,24,25)/t20-/m1/s1. The summed E-state index contributed by atoms with van der Waals surface area (Å²) in [6.45, 7) is 0.766. The fraction of sp³-hybridized carbons (Fsp3) is 0.318. The Labute approximate surface area is 164 Å². The first-order valence-corrected chi connectivity index (χ1v) is 9.62. The van der Waals surface area contributed by atoms with E-state index in [1.807, 2.05) is 47.5 Å². The number of pyridine rings is 1. The minimum atomic E-state index is 0.0116. The maximum absolute atomic E-state index is 13.2. The van der Waals surface area contributed by atoms with Gasteiger partial charge in [0.15, 0.2) is 0 Å². The number of hydrogen-bond acceptors (Lipinski definition) is 4. The zero-order chi connectivity index (χ0) is 19.3. The highest BCUT2D eigenvalue weighted by Crippen LogP contribution is 2.35. The highest BCUT2D eigenvalue weighted by atomic mass is 16.5. The van der Waals surface area contributed by atoms with E-state index in [4.69, 9.17) is 4.74 Å². The van der Waals surface area contributed by atoms with E-state index < -0.39 is 0 Å². The molecule has 2 aromatic heterocycles. The number of H-pyrrole nitrogens is 1. The fourth-order valence-electron chi connectivity index (χ4n) is 3.90. The van der Waals surface area contributed by atoms with Gasteiger partial charge in [-0.15, -0.1) is 0 Å². The predicted octanol–water partition coefficient (Wildman–Crippen LogP) is 3.78. The van der Waals surface area contributed by atoms with Gasteiger partial charge in [-0.05, 0) is 54.7 Å². The molecular weight excluding hydrogens is 352 g/mol. The van der Waals surface area contributed by atoms with Crippen molar-refractivity contribution in [2.45, 2.75) is 31.7 Å². The molecule has 0 saturated carbocycles. The quantitative estimate of drug-likeness (QED) is 0.736. The average molecular weight is 376 g/mol. The summed E-state index contributed by atoms with van der Waals surface area (Å²) in [5, 5.41) is 7.43. The molecule has 1 fully saturated rings. The smallest absolute Gasteiger partial charge is 0.227 e. The number of nitrogens with one attached hydrogen (secondary N) is 1. The summed E-state index contributed by atoms with van der Waals surface area (Å²) >= 11 is 0. The number of rotatable bonds is 5. The van der Waals surface area contributed by atoms with Crippen LogP contribution in [0.3, 0.4) is 0 Å². The van der Waals surface area contributed by atoms with Crippen molar-refractivity contribution in [3.05, 3.63) is 66.2 Å². The summed E-state index contributed by atoms with van der Waals surface area (Å²) in [4.78, 5) is 19.3. The summed E-state index contributed by atoms with van der Waals surface area (Å²) in [5.41, 5.74) is 4.07. The van der Waals surface area contributed by atoms with E-state index >= 15 is 0 Å². The molecule has 0 radical (unpaired) electrons. The number of carbonyl (C=O) groups excluding carboxylic acids is 1. The van der Waals surface area contributed by atoms with Crippen LogP contribution in [0.5, 0.6) is 5.75 Å². The molecule has 28 heavy (non-hydrogen) atoms. The Morgan fingerprint density at radius 2 is 2.11 bits per heavy atom. The lowest BCUT2D eigenvalue weighted by Crippen LogP contribution is -2.39. The Bertz CT molecular complexity index is 938. The van der Waals surface area contributed by atoms with Gasteiger partial charge in [-0.2, -0.15) is 5.10 Å². The number of methoxy groups -OCH3 is 1. The number of hydrogen-bond donors (Lipinski definition) is 1. The number of carbonyl (C=O) groups is 1. The lowest BCUT2D eigenvalue weighted by molar-refractivity contribution is -0.134. The zero-order valence-electron chi connectivity index (χ0n) is 16.0. The lowest BCUT2D eigenvalue weighted by Gasteiger charge is -2.36. The van der Waals surface area contributed by atoms with E-state index in [1.54, 1.807) is 19.5 Å². The number of ether oxygens (including phenoxy) is 1. The Morgan fingerprint density at radius 1 is 1.25 bits per heavy atom. The third kappa shape index (κ3) is 3.76. The van der Waals surface area contributed by atoms with Crippen LogP contribution in [0.25, 0.3) is 11.1 Å². The van der Waals surface area contributed by atoms with Crippen LogP contribution < -0.4 is 4.74 Å². The Hall–Kier alpha value is -3.15. The van der Waals surface area contributed by atoms with Gasteiger partial charge in [-0.1, -0.05) is 12.1 Å². The molecule has 1 saturated heterocycles. The summed E-state index contributed by atoms with van der Waals surface area (Å²) < 4.78 is 5.28. The second-order valence-corrected chi connectivity index (χ2v) is 7.06. The molecule has 6 nitrogen and oxygen atoms in total. The van der Waals surface area contributed by atoms with Crippen molar-refractivity contribution in [1.29, 1.82) is 0 Å². The van der Waals surface area contributed by atoms with Crippen LogP contribution in [0.1, 0.15) is 36.6 Å². The first-order valence-electron chi connectivity index (χ1n) is 9.62. The summed E-state index contributed by atoms with van der Waals surface area (Å²) in [6, 6.07) is 11.7. The molecule has 0 aliphatic carbocycles. The van der Waals surface area contributed by atoms with E-state index in [9.17, 15) is 4.79 Å². The normalized spacial score (nSPS) is 16.8. The monoisotopic (exact) mass is 376 g/mol. The second-order valence-electron chi connectivity index (χ2n) is 7.06. The molecule has 6 heteroatoms. The zero-order valence-corrected chi connectivity index (χ0v) is 16.0. The number of aromatic nitrogens is 3. The number of piperidine rings is 1. The van der Waals surface area contributed by atoms with Crippen molar-refractivity contribution in [3.8, 4) is 16.9 Å². The van der Waals surface area contributed by atoms with Gasteiger partial charge < -0.3 is 9.64 Å². The van der Waals surface area contributed by atoms with E-state index in [1.165, 1.54) is 0 Å². The molecule has 1 atom stereocenters. The number of benzene rings is 1. The summed E-state index contributed by atoms with van der Waals surface area (Å²) in [5.74, 6) is 0.905. The van der Waals surface area contributed by atoms with Gasteiger partial charge in [0.1, 0.15) is 5.75 Å². The second kappa shape index (κ2) is 8.25. The Kier molecular flexibility index (Phi) is 5.37. The molecule has 1 aliphatic rings. The predicted molar refractivity (Wildman–Crippen MR) is 107 cm³/mol. The van der Waals surface area contributed by atoms with Crippen LogP contribution in [0.15, 0.2) is 55.0 Å². The fourth-order valence-corrected chi connectivity index (χ4v) is 3.90. The molecule has 3 aromatic rings. The third-order valence-corrected chi connectivity index (χ3v) is 5.31. The summed E-state index contributed by atoms with van der Waals surface area (Å²) in [7, 11) is 1.64. The minimum Gasteiger partial charge on any atom is -0.497 e. The van der Waals surface area contributed by atoms with Gasteiger partial charge in [-0.25, -0.2) is 0 Å². The third-order valence-electron chi connectivity index (χ3n) is 5.31. The van der Waals surface area contributed by atoms with Gasteiger partial charge in [0.05, 0.1) is 31.5 Å². The highest BCUT2D eigenvalue weighted by molar-refractivity contribution is 5.80. The average Bonchev–Trinajstić information content (AvgIpc) is 3.24. The molecule has 0 unspecified atom stereocenters. The number of aromatic amines is 1. The molecule has 1 aliphatic heterocycles. The highest BCUT2D eigenvalue weighted by Gasteiger charge is 2.31. The van der Waals surface area contributed by atoms with Crippen molar-refractivity contribution in [3.63, 3.8) is 0 Å². The number of likely N-dealkylation sites (tertiary alicyclic amines) is 1. The molecule has 3 heterocycles. The molecule has 0 spiro atoms. The maximum Gasteiger partial charge on any atom is 0.227 e. The minimum absolute atomic E-state index is 0.0116. The van der Waals surface area contributed by atoms with Crippen molar-refractivity contribution >= 4 is 5.91 Å². The molecule has 1 aromatic carbocycles. The van der Waals surface area contributed by atoms with E-state index in [2.05, 4.69) is 15.2 Å². The van der Waals surface area contributed by atoms with Gasteiger partial charge >= 0.3 is 0 Å². The molecule has 144 valence electrons. The van der Waals surface area contributed by atoms with Crippen LogP contribution in [-0.2, 0) is 11.2 Å². The van der Waals surface area contributed by atoms with E-state index in [0.717, 1.165) is 53.9 Å². The SMILES string of the molecule is COc1cccc(CC(=O)N2CCCC[C@@H]2c2[nH]ncc2-c2ccncc2)c1. The van der Waals surface area contributed by atoms with Crippen LogP contribution in [0.2, 0.25) is 0 Å². The van der Waals surface area contributed by atoms with Gasteiger partial charge in [0.2, 0.25) is 5.91 Å². The molecule has 1 amide bonds. The number of nitrogens with zero attached hydrogens (tertiary/aromatic N) is 3. The lowest BCUT2D eigenvalue weighted by atomic mass is 9.94. The first-order chi connectivity index (χ1) is 13.8. The molecule has 1 N–H and O–H groups in total. The summed E-state index contributed by atoms with van der Waals surface area (Å²) in [6.07, 6.45) is 8.82. The Balaban J connectivity index is 1.59. The topological polar surface area (TPSA) is 71.1 Å².